The minimum atomic E-state index is -0.161. The molecule has 25 heavy (non-hydrogen) atoms. The van der Waals surface area contributed by atoms with Gasteiger partial charge in [0.1, 0.15) is 11.5 Å². The third kappa shape index (κ3) is 6.49. The van der Waals surface area contributed by atoms with Crippen LogP contribution in [0.2, 0.25) is 0 Å². The number of anilines is 1. The van der Waals surface area contributed by atoms with Crippen molar-refractivity contribution >= 4 is 11.6 Å². The van der Waals surface area contributed by atoms with Crippen LogP contribution >= 0.6 is 0 Å². The molecule has 0 saturated heterocycles. The number of nitrogens with one attached hydrogen (secondary N) is 1. The third-order valence-corrected chi connectivity index (χ3v) is 3.72. The molecule has 0 aliphatic carbocycles. The first-order valence-electron chi connectivity index (χ1n) is 9.00. The van der Waals surface area contributed by atoms with E-state index in [0.29, 0.717) is 18.8 Å². The Morgan fingerprint density at radius 3 is 2.12 bits per heavy atom. The number of carbonyl (C=O) groups excluding carboxylic acids is 1. The smallest absolute Gasteiger partial charge is 0.255 e. The Bertz CT molecular complexity index is 670. The van der Waals surface area contributed by atoms with Gasteiger partial charge in [-0.3, -0.25) is 4.79 Å². The van der Waals surface area contributed by atoms with Gasteiger partial charge in [0.25, 0.3) is 5.91 Å². The van der Waals surface area contributed by atoms with Crippen molar-refractivity contribution < 1.29 is 14.3 Å². The summed E-state index contributed by atoms with van der Waals surface area (Å²) in [6.07, 6.45) is 4.19. The first kappa shape index (κ1) is 18.8. The number of benzene rings is 2. The summed E-state index contributed by atoms with van der Waals surface area (Å²) in [6.45, 7) is 5.59. The molecule has 0 radical (unpaired) electrons. The quantitative estimate of drug-likeness (QED) is 0.597. The number of amides is 1. The second-order valence-electron chi connectivity index (χ2n) is 5.91. The maximum atomic E-state index is 12.5. The SMILES string of the molecule is CCCCOc1cccc(NC(=O)c2cccc(OCCCC)c2)c1. The summed E-state index contributed by atoms with van der Waals surface area (Å²) in [5, 5.41) is 2.91. The number of carbonyl (C=O) groups is 1. The molecule has 0 bridgehead atoms. The Labute approximate surface area is 150 Å². The maximum Gasteiger partial charge on any atom is 0.255 e. The molecule has 1 N–H and O–H groups in total. The second kappa shape index (κ2) is 10.4. The highest BCUT2D eigenvalue weighted by atomic mass is 16.5. The summed E-state index contributed by atoms with van der Waals surface area (Å²) < 4.78 is 11.3. The van der Waals surface area contributed by atoms with Gasteiger partial charge in [-0.1, -0.05) is 38.8 Å². The molecule has 0 unspecified atom stereocenters. The molecule has 2 aromatic carbocycles. The second-order valence-corrected chi connectivity index (χ2v) is 5.91. The van der Waals surface area contributed by atoms with Crippen LogP contribution in [-0.2, 0) is 0 Å². The van der Waals surface area contributed by atoms with Crippen LogP contribution < -0.4 is 14.8 Å². The Hall–Kier alpha value is -2.49. The normalized spacial score (nSPS) is 10.3. The van der Waals surface area contributed by atoms with Gasteiger partial charge in [-0.15, -0.1) is 0 Å². The zero-order chi connectivity index (χ0) is 17.9. The average molecular weight is 341 g/mol. The van der Waals surface area contributed by atoms with E-state index >= 15 is 0 Å². The molecule has 134 valence electrons. The molecule has 1 amide bonds. The molecular formula is C21H27NO3. The Morgan fingerprint density at radius 1 is 0.880 bits per heavy atom. The lowest BCUT2D eigenvalue weighted by Crippen LogP contribution is -2.12. The Kier molecular flexibility index (Phi) is 7.83. The van der Waals surface area contributed by atoms with Crippen LogP contribution in [0.15, 0.2) is 48.5 Å². The predicted molar refractivity (Wildman–Crippen MR) is 102 cm³/mol. The Balaban J connectivity index is 1.97. The van der Waals surface area contributed by atoms with Gasteiger partial charge in [0, 0.05) is 17.3 Å². The monoisotopic (exact) mass is 341 g/mol. The van der Waals surface area contributed by atoms with E-state index in [4.69, 9.17) is 9.47 Å². The highest BCUT2D eigenvalue weighted by Crippen LogP contribution is 2.20. The standard InChI is InChI=1S/C21H27NO3/c1-3-5-13-24-19-11-7-9-17(15-19)21(23)22-18-10-8-12-20(16-18)25-14-6-4-2/h7-12,15-16H,3-6,13-14H2,1-2H3,(H,22,23). The molecule has 0 spiro atoms. The number of rotatable bonds is 10. The van der Waals surface area contributed by atoms with E-state index in [1.165, 1.54) is 0 Å². The van der Waals surface area contributed by atoms with E-state index in [9.17, 15) is 4.79 Å². The first-order chi connectivity index (χ1) is 12.2. The lowest BCUT2D eigenvalue weighted by molar-refractivity contribution is 0.102. The van der Waals surface area contributed by atoms with Crippen LogP contribution in [0, 0.1) is 0 Å². The van der Waals surface area contributed by atoms with Gasteiger partial charge < -0.3 is 14.8 Å². The van der Waals surface area contributed by atoms with Crippen molar-refractivity contribution in [2.75, 3.05) is 18.5 Å². The van der Waals surface area contributed by atoms with Crippen molar-refractivity contribution in [3.8, 4) is 11.5 Å². The van der Waals surface area contributed by atoms with E-state index in [1.54, 1.807) is 12.1 Å². The summed E-state index contributed by atoms with van der Waals surface area (Å²) in [7, 11) is 0. The number of unbranched alkanes of at least 4 members (excludes halogenated alkanes) is 2. The van der Waals surface area contributed by atoms with Crippen LogP contribution in [-0.4, -0.2) is 19.1 Å². The van der Waals surface area contributed by atoms with E-state index in [0.717, 1.165) is 42.9 Å². The van der Waals surface area contributed by atoms with Crippen LogP contribution in [0.3, 0.4) is 0 Å². The van der Waals surface area contributed by atoms with Gasteiger partial charge in [0.2, 0.25) is 0 Å². The molecule has 0 aromatic heterocycles. The third-order valence-electron chi connectivity index (χ3n) is 3.72. The predicted octanol–water partition coefficient (Wildman–Crippen LogP) is 5.30. The number of hydrogen-bond acceptors (Lipinski definition) is 3. The molecule has 0 aliphatic rings. The van der Waals surface area contributed by atoms with Gasteiger partial charge in [0.15, 0.2) is 0 Å². The van der Waals surface area contributed by atoms with Crippen LogP contribution in [0.4, 0.5) is 5.69 Å². The molecule has 4 heteroatoms. The van der Waals surface area contributed by atoms with E-state index < -0.39 is 0 Å². The van der Waals surface area contributed by atoms with Crippen molar-refractivity contribution in [2.24, 2.45) is 0 Å². The minimum absolute atomic E-state index is 0.161. The van der Waals surface area contributed by atoms with E-state index in [-0.39, 0.29) is 5.91 Å². The fraction of sp³-hybridized carbons (Fsp3) is 0.381. The highest BCUT2D eigenvalue weighted by molar-refractivity contribution is 6.04. The lowest BCUT2D eigenvalue weighted by Gasteiger charge is -2.10. The highest BCUT2D eigenvalue weighted by Gasteiger charge is 2.08. The molecule has 0 aliphatic heterocycles. The average Bonchev–Trinajstić information content (AvgIpc) is 2.63. The van der Waals surface area contributed by atoms with Crippen molar-refractivity contribution in [1.82, 2.24) is 0 Å². The van der Waals surface area contributed by atoms with E-state index in [1.807, 2.05) is 36.4 Å². The van der Waals surface area contributed by atoms with Crippen molar-refractivity contribution in [3.63, 3.8) is 0 Å². The molecule has 4 nitrogen and oxygen atoms in total. The van der Waals surface area contributed by atoms with Gasteiger partial charge in [-0.05, 0) is 43.2 Å². The van der Waals surface area contributed by atoms with Crippen LogP contribution in [0.25, 0.3) is 0 Å². The topological polar surface area (TPSA) is 47.6 Å². The summed E-state index contributed by atoms with van der Waals surface area (Å²) in [6, 6.07) is 14.7. The lowest BCUT2D eigenvalue weighted by atomic mass is 10.2. The largest absolute Gasteiger partial charge is 0.494 e. The molecule has 0 heterocycles. The molecule has 0 atom stereocenters. The van der Waals surface area contributed by atoms with Crippen LogP contribution in [0.1, 0.15) is 49.9 Å². The summed E-state index contributed by atoms with van der Waals surface area (Å²) in [4.78, 5) is 12.5. The molecular weight excluding hydrogens is 314 g/mol. The molecule has 0 saturated carbocycles. The van der Waals surface area contributed by atoms with Gasteiger partial charge in [-0.25, -0.2) is 0 Å². The van der Waals surface area contributed by atoms with Crippen LogP contribution in [0.5, 0.6) is 11.5 Å². The van der Waals surface area contributed by atoms with Gasteiger partial charge >= 0.3 is 0 Å². The van der Waals surface area contributed by atoms with Crippen molar-refractivity contribution in [3.05, 3.63) is 54.1 Å². The zero-order valence-corrected chi connectivity index (χ0v) is 15.1. The maximum absolute atomic E-state index is 12.5. The van der Waals surface area contributed by atoms with Gasteiger partial charge in [-0.2, -0.15) is 0 Å². The molecule has 2 rings (SSSR count). The van der Waals surface area contributed by atoms with Crippen molar-refractivity contribution in [1.29, 1.82) is 0 Å². The van der Waals surface area contributed by atoms with Gasteiger partial charge in [0.05, 0.1) is 13.2 Å². The number of hydrogen-bond donors (Lipinski definition) is 1. The Morgan fingerprint density at radius 2 is 1.48 bits per heavy atom. The minimum Gasteiger partial charge on any atom is -0.494 e. The summed E-state index contributed by atoms with van der Waals surface area (Å²) in [5.41, 5.74) is 1.29. The van der Waals surface area contributed by atoms with Crippen molar-refractivity contribution in [2.45, 2.75) is 39.5 Å². The fourth-order valence-electron chi connectivity index (χ4n) is 2.26. The molecule has 2 aromatic rings. The zero-order valence-electron chi connectivity index (χ0n) is 15.1. The summed E-state index contributed by atoms with van der Waals surface area (Å²) in [5.74, 6) is 1.33. The number of ether oxygens (including phenoxy) is 2. The first-order valence-corrected chi connectivity index (χ1v) is 9.00. The molecule has 0 fully saturated rings. The van der Waals surface area contributed by atoms with E-state index in [2.05, 4.69) is 19.2 Å². The summed E-state index contributed by atoms with van der Waals surface area (Å²) >= 11 is 0. The fourth-order valence-corrected chi connectivity index (χ4v) is 2.26.